The average Bonchev–Trinajstić information content (AvgIpc) is 2.61. The standard InChI is InChI=1S/C14H22N2/c1-10(2)13-7-8-16(11(3)4)14(13)9-12(5)15-6/h7-9,11,15H,1H2,2-6H3/b12-9+. The van der Waals surface area contributed by atoms with Crippen LogP contribution < -0.4 is 5.32 Å². The maximum absolute atomic E-state index is 4.03. The third-order valence-corrected chi connectivity index (χ3v) is 2.72. The lowest BCUT2D eigenvalue weighted by Gasteiger charge is -2.13. The van der Waals surface area contributed by atoms with E-state index in [1.54, 1.807) is 0 Å². The first-order chi connectivity index (χ1) is 7.47. The molecule has 1 aromatic heterocycles. The van der Waals surface area contributed by atoms with Crippen molar-refractivity contribution in [3.63, 3.8) is 0 Å². The van der Waals surface area contributed by atoms with Crippen LogP contribution in [0.5, 0.6) is 0 Å². The highest BCUT2D eigenvalue weighted by Gasteiger charge is 2.09. The van der Waals surface area contributed by atoms with Crippen LogP contribution in [0.2, 0.25) is 0 Å². The molecule has 0 spiro atoms. The van der Waals surface area contributed by atoms with Crippen LogP contribution in [0.25, 0.3) is 11.6 Å². The second-order valence-electron chi connectivity index (χ2n) is 4.47. The van der Waals surface area contributed by atoms with E-state index in [-0.39, 0.29) is 0 Å². The van der Waals surface area contributed by atoms with Gasteiger partial charge in [0.25, 0.3) is 0 Å². The highest BCUT2D eigenvalue weighted by atomic mass is 15.0. The van der Waals surface area contributed by atoms with E-state index >= 15 is 0 Å². The van der Waals surface area contributed by atoms with Crippen LogP contribution in [0.4, 0.5) is 0 Å². The molecule has 0 bridgehead atoms. The molecule has 0 radical (unpaired) electrons. The molecule has 0 aliphatic carbocycles. The number of nitrogens with one attached hydrogen (secondary N) is 1. The first-order valence-electron chi connectivity index (χ1n) is 5.70. The summed E-state index contributed by atoms with van der Waals surface area (Å²) in [5.74, 6) is 0. The molecule has 2 heteroatoms. The Kier molecular flexibility index (Phi) is 3.99. The van der Waals surface area contributed by atoms with Crippen LogP contribution in [0.1, 0.15) is 45.0 Å². The smallest absolute Gasteiger partial charge is 0.0502 e. The van der Waals surface area contributed by atoms with Gasteiger partial charge in [0, 0.05) is 30.5 Å². The lowest BCUT2D eigenvalue weighted by atomic mass is 10.1. The number of aromatic nitrogens is 1. The predicted molar refractivity (Wildman–Crippen MR) is 72.2 cm³/mol. The molecule has 0 atom stereocenters. The molecule has 1 heterocycles. The van der Waals surface area contributed by atoms with E-state index < -0.39 is 0 Å². The third kappa shape index (κ3) is 2.57. The topological polar surface area (TPSA) is 17.0 Å². The summed E-state index contributed by atoms with van der Waals surface area (Å²) in [6.07, 6.45) is 4.30. The zero-order chi connectivity index (χ0) is 12.3. The first-order valence-corrected chi connectivity index (χ1v) is 5.70. The molecule has 0 amide bonds. The minimum Gasteiger partial charge on any atom is -0.392 e. The van der Waals surface area contributed by atoms with Gasteiger partial charge >= 0.3 is 0 Å². The van der Waals surface area contributed by atoms with Crippen molar-refractivity contribution in [2.75, 3.05) is 7.05 Å². The molecule has 0 unspecified atom stereocenters. The molecule has 1 aromatic rings. The van der Waals surface area contributed by atoms with Crippen molar-refractivity contribution in [2.24, 2.45) is 0 Å². The zero-order valence-corrected chi connectivity index (χ0v) is 11.0. The minimum atomic E-state index is 0.462. The summed E-state index contributed by atoms with van der Waals surface area (Å²) in [7, 11) is 1.94. The highest BCUT2D eigenvalue weighted by molar-refractivity contribution is 5.71. The van der Waals surface area contributed by atoms with Crippen LogP contribution in [0.15, 0.2) is 24.5 Å². The van der Waals surface area contributed by atoms with E-state index in [0.29, 0.717) is 6.04 Å². The van der Waals surface area contributed by atoms with Gasteiger partial charge in [-0.25, -0.2) is 0 Å². The number of rotatable bonds is 4. The van der Waals surface area contributed by atoms with Gasteiger partial charge in [0.05, 0.1) is 5.69 Å². The Morgan fingerprint density at radius 2 is 2.06 bits per heavy atom. The predicted octanol–water partition coefficient (Wildman–Crippen LogP) is 3.68. The van der Waals surface area contributed by atoms with Gasteiger partial charge in [-0.2, -0.15) is 0 Å². The quantitative estimate of drug-likeness (QED) is 0.815. The van der Waals surface area contributed by atoms with Gasteiger partial charge in [-0.05, 0) is 45.4 Å². The zero-order valence-electron chi connectivity index (χ0n) is 11.0. The molecule has 16 heavy (non-hydrogen) atoms. The molecule has 88 valence electrons. The summed E-state index contributed by atoms with van der Waals surface area (Å²) >= 11 is 0. The SMILES string of the molecule is C=C(C)c1ccn(C(C)C)c1/C=C(\C)NC. The number of nitrogens with zero attached hydrogens (tertiary/aromatic N) is 1. The second kappa shape index (κ2) is 5.06. The molecule has 0 saturated carbocycles. The fourth-order valence-corrected chi connectivity index (χ4v) is 1.70. The fraction of sp³-hybridized carbons (Fsp3) is 0.429. The van der Waals surface area contributed by atoms with Crippen LogP contribution in [0, 0.1) is 0 Å². The molecule has 1 N–H and O–H groups in total. The normalized spacial score (nSPS) is 12.0. The fourth-order valence-electron chi connectivity index (χ4n) is 1.70. The number of allylic oxidation sites excluding steroid dienone is 2. The van der Waals surface area contributed by atoms with Gasteiger partial charge < -0.3 is 9.88 Å². The summed E-state index contributed by atoms with van der Waals surface area (Å²) in [6.45, 7) is 12.5. The van der Waals surface area contributed by atoms with E-state index in [2.05, 4.69) is 55.6 Å². The Balaban J connectivity index is 3.30. The van der Waals surface area contributed by atoms with Crippen LogP contribution >= 0.6 is 0 Å². The molecule has 2 nitrogen and oxygen atoms in total. The first kappa shape index (κ1) is 12.6. The lowest BCUT2D eigenvalue weighted by molar-refractivity contribution is 0.598. The van der Waals surface area contributed by atoms with Crippen molar-refractivity contribution in [3.05, 3.63) is 35.8 Å². The Labute approximate surface area is 98.7 Å². The van der Waals surface area contributed by atoms with Crippen molar-refractivity contribution in [3.8, 4) is 0 Å². The Bertz CT molecular complexity index is 408. The van der Waals surface area contributed by atoms with E-state index in [9.17, 15) is 0 Å². The molecular weight excluding hydrogens is 196 g/mol. The van der Waals surface area contributed by atoms with Crippen LogP contribution in [0.3, 0.4) is 0 Å². The van der Waals surface area contributed by atoms with Gasteiger partial charge in [-0.1, -0.05) is 6.58 Å². The van der Waals surface area contributed by atoms with Crippen LogP contribution in [-0.4, -0.2) is 11.6 Å². The Hall–Kier alpha value is -1.44. The number of hydrogen-bond donors (Lipinski definition) is 1. The molecule has 0 aliphatic rings. The minimum absolute atomic E-state index is 0.462. The monoisotopic (exact) mass is 218 g/mol. The second-order valence-corrected chi connectivity index (χ2v) is 4.47. The summed E-state index contributed by atoms with van der Waals surface area (Å²) in [6, 6.07) is 2.60. The summed E-state index contributed by atoms with van der Waals surface area (Å²) in [5, 5.41) is 3.15. The molecule has 0 aliphatic heterocycles. The molecule has 0 saturated heterocycles. The van der Waals surface area contributed by atoms with Gasteiger partial charge in [-0.3, -0.25) is 0 Å². The van der Waals surface area contributed by atoms with Gasteiger partial charge in [0.1, 0.15) is 0 Å². The van der Waals surface area contributed by atoms with Crippen molar-refractivity contribution in [1.82, 2.24) is 9.88 Å². The summed E-state index contributed by atoms with van der Waals surface area (Å²) in [4.78, 5) is 0. The van der Waals surface area contributed by atoms with E-state index in [1.807, 2.05) is 14.0 Å². The van der Waals surface area contributed by atoms with Crippen molar-refractivity contribution >= 4 is 11.6 Å². The average molecular weight is 218 g/mol. The summed E-state index contributed by atoms with van der Waals surface area (Å²) < 4.78 is 2.27. The molecular formula is C14H22N2. The van der Waals surface area contributed by atoms with Crippen LogP contribution in [-0.2, 0) is 0 Å². The van der Waals surface area contributed by atoms with E-state index in [1.165, 1.54) is 11.3 Å². The molecule has 0 aromatic carbocycles. The molecule has 1 rings (SSSR count). The molecule has 0 fully saturated rings. The Morgan fingerprint density at radius 3 is 2.50 bits per heavy atom. The van der Waals surface area contributed by atoms with Crippen molar-refractivity contribution in [1.29, 1.82) is 0 Å². The summed E-state index contributed by atoms with van der Waals surface area (Å²) in [5.41, 5.74) is 4.72. The van der Waals surface area contributed by atoms with Gasteiger partial charge in [0.2, 0.25) is 0 Å². The maximum atomic E-state index is 4.03. The largest absolute Gasteiger partial charge is 0.392 e. The van der Waals surface area contributed by atoms with E-state index in [4.69, 9.17) is 0 Å². The lowest BCUT2D eigenvalue weighted by Crippen LogP contribution is -2.06. The van der Waals surface area contributed by atoms with E-state index in [0.717, 1.165) is 11.3 Å². The Morgan fingerprint density at radius 1 is 1.44 bits per heavy atom. The van der Waals surface area contributed by atoms with Gasteiger partial charge in [0.15, 0.2) is 0 Å². The maximum Gasteiger partial charge on any atom is 0.0502 e. The van der Waals surface area contributed by atoms with Gasteiger partial charge in [-0.15, -0.1) is 0 Å². The van der Waals surface area contributed by atoms with Crippen molar-refractivity contribution < 1.29 is 0 Å². The number of hydrogen-bond acceptors (Lipinski definition) is 1. The van der Waals surface area contributed by atoms with Crippen molar-refractivity contribution in [2.45, 2.75) is 33.7 Å². The third-order valence-electron chi connectivity index (χ3n) is 2.72. The highest BCUT2D eigenvalue weighted by Crippen LogP contribution is 2.24.